The molecule has 0 N–H and O–H groups in total. The largest absolute Gasteiger partial charge is 0.300 e. The molecule has 0 aliphatic heterocycles. The van der Waals surface area contributed by atoms with Crippen molar-refractivity contribution in [1.29, 1.82) is 0 Å². The molecule has 11 heavy (non-hydrogen) atoms. The standard InChI is InChI=1S/C9H10O2/c1-7(10)6-9(11)8-4-2-3-5-8/h2-4H,5-6H2,1H3. The molecule has 0 fully saturated rings. The first-order valence-corrected chi connectivity index (χ1v) is 3.58. The summed E-state index contributed by atoms with van der Waals surface area (Å²) in [6.45, 7) is 1.43. The van der Waals surface area contributed by atoms with Gasteiger partial charge in [0.2, 0.25) is 0 Å². The summed E-state index contributed by atoms with van der Waals surface area (Å²) >= 11 is 0. The van der Waals surface area contributed by atoms with E-state index in [-0.39, 0.29) is 18.0 Å². The van der Waals surface area contributed by atoms with E-state index in [4.69, 9.17) is 0 Å². The smallest absolute Gasteiger partial charge is 0.166 e. The maximum Gasteiger partial charge on any atom is 0.166 e. The highest BCUT2D eigenvalue weighted by Crippen LogP contribution is 2.12. The number of hydrogen-bond acceptors (Lipinski definition) is 2. The summed E-state index contributed by atoms with van der Waals surface area (Å²) in [4.78, 5) is 21.7. The second-order valence-corrected chi connectivity index (χ2v) is 2.63. The summed E-state index contributed by atoms with van der Waals surface area (Å²) in [5.74, 6) is -0.106. The number of carbonyl (C=O) groups excluding carboxylic acids is 2. The molecule has 0 saturated carbocycles. The van der Waals surface area contributed by atoms with Crippen LogP contribution in [0.4, 0.5) is 0 Å². The molecule has 0 heterocycles. The molecule has 0 saturated heterocycles. The molecule has 0 aromatic rings. The molecule has 0 spiro atoms. The minimum absolute atomic E-state index is 0.0394. The third kappa shape index (κ3) is 2.15. The second kappa shape index (κ2) is 3.28. The predicted molar refractivity (Wildman–Crippen MR) is 42.1 cm³/mol. The first-order valence-electron chi connectivity index (χ1n) is 3.58. The van der Waals surface area contributed by atoms with Crippen molar-refractivity contribution in [3.8, 4) is 0 Å². The minimum Gasteiger partial charge on any atom is -0.300 e. The van der Waals surface area contributed by atoms with E-state index in [1.54, 1.807) is 6.08 Å². The summed E-state index contributed by atoms with van der Waals surface area (Å²) in [5.41, 5.74) is 0.750. The quantitative estimate of drug-likeness (QED) is 0.570. The van der Waals surface area contributed by atoms with Crippen molar-refractivity contribution >= 4 is 11.6 Å². The van der Waals surface area contributed by atoms with E-state index in [0.717, 1.165) is 5.57 Å². The lowest BCUT2D eigenvalue weighted by molar-refractivity contribution is -0.123. The monoisotopic (exact) mass is 150 g/mol. The number of carbonyl (C=O) groups is 2. The zero-order valence-electron chi connectivity index (χ0n) is 6.46. The van der Waals surface area contributed by atoms with Crippen LogP contribution in [0.3, 0.4) is 0 Å². The Morgan fingerprint density at radius 1 is 1.55 bits per heavy atom. The average molecular weight is 150 g/mol. The first-order chi connectivity index (χ1) is 5.20. The molecule has 0 bridgehead atoms. The van der Waals surface area contributed by atoms with E-state index in [0.29, 0.717) is 6.42 Å². The summed E-state index contributed by atoms with van der Waals surface area (Å²) in [6, 6.07) is 0. The van der Waals surface area contributed by atoms with Gasteiger partial charge in [0.25, 0.3) is 0 Å². The normalized spacial score (nSPS) is 14.8. The summed E-state index contributed by atoms with van der Waals surface area (Å²) < 4.78 is 0. The van der Waals surface area contributed by atoms with Gasteiger partial charge in [0.15, 0.2) is 5.78 Å². The third-order valence-corrected chi connectivity index (χ3v) is 1.54. The average Bonchev–Trinajstić information content (AvgIpc) is 2.35. The van der Waals surface area contributed by atoms with Gasteiger partial charge in [0.05, 0.1) is 6.42 Å². The SMILES string of the molecule is CC(=O)CC(=O)C1=CC=CC1. The Morgan fingerprint density at radius 3 is 2.73 bits per heavy atom. The molecular formula is C9H10O2. The van der Waals surface area contributed by atoms with Crippen LogP contribution in [-0.2, 0) is 9.59 Å². The Labute approximate surface area is 65.6 Å². The van der Waals surface area contributed by atoms with E-state index in [1.807, 2.05) is 12.2 Å². The zero-order chi connectivity index (χ0) is 8.27. The van der Waals surface area contributed by atoms with Crippen molar-refractivity contribution < 1.29 is 9.59 Å². The van der Waals surface area contributed by atoms with Crippen molar-refractivity contribution in [2.24, 2.45) is 0 Å². The maximum absolute atomic E-state index is 11.1. The second-order valence-electron chi connectivity index (χ2n) is 2.63. The molecule has 0 aromatic carbocycles. The van der Waals surface area contributed by atoms with Gasteiger partial charge in [-0.3, -0.25) is 9.59 Å². The lowest BCUT2D eigenvalue weighted by Crippen LogP contribution is -2.05. The maximum atomic E-state index is 11.1. The molecule has 1 rings (SSSR count). The number of ketones is 2. The van der Waals surface area contributed by atoms with E-state index in [1.165, 1.54) is 6.92 Å². The lowest BCUT2D eigenvalue weighted by Gasteiger charge is -1.96. The third-order valence-electron chi connectivity index (χ3n) is 1.54. The van der Waals surface area contributed by atoms with Gasteiger partial charge in [-0.25, -0.2) is 0 Å². The van der Waals surface area contributed by atoms with Gasteiger partial charge in [-0.1, -0.05) is 18.2 Å². The Morgan fingerprint density at radius 2 is 2.27 bits per heavy atom. The van der Waals surface area contributed by atoms with Crippen LogP contribution >= 0.6 is 0 Å². The topological polar surface area (TPSA) is 34.1 Å². The van der Waals surface area contributed by atoms with Gasteiger partial charge in [-0.2, -0.15) is 0 Å². The highest BCUT2D eigenvalue weighted by molar-refractivity contribution is 6.07. The van der Waals surface area contributed by atoms with Crippen molar-refractivity contribution in [3.63, 3.8) is 0 Å². The van der Waals surface area contributed by atoms with Crippen molar-refractivity contribution in [3.05, 3.63) is 23.8 Å². The fourth-order valence-corrected chi connectivity index (χ4v) is 0.994. The number of Topliss-reactive ketones (excluding diaryl/α,β-unsaturated/α-hetero) is 2. The molecule has 2 nitrogen and oxygen atoms in total. The van der Waals surface area contributed by atoms with E-state index in [2.05, 4.69) is 0 Å². The van der Waals surface area contributed by atoms with Crippen LogP contribution in [0.15, 0.2) is 23.8 Å². The number of allylic oxidation sites excluding steroid dienone is 4. The van der Waals surface area contributed by atoms with Crippen LogP contribution in [0.5, 0.6) is 0 Å². The highest BCUT2D eigenvalue weighted by Gasteiger charge is 2.11. The van der Waals surface area contributed by atoms with E-state index < -0.39 is 0 Å². The van der Waals surface area contributed by atoms with Crippen molar-refractivity contribution in [2.75, 3.05) is 0 Å². The van der Waals surface area contributed by atoms with Gasteiger partial charge in [0.1, 0.15) is 5.78 Å². The lowest BCUT2D eigenvalue weighted by atomic mass is 10.1. The molecule has 0 radical (unpaired) electrons. The van der Waals surface area contributed by atoms with E-state index >= 15 is 0 Å². The molecular weight excluding hydrogens is 140 g/mol. The fraction of sp³-hybridized carbons (Fsp3) is 0.333. The molecule has 1 aliphatic rings. The minimum atomic E-state index is -0.0669. The molecule has 1 aliphatic carbocycles. The van der Waals surface area contributed by atoms with Crippen LogP contribution in [-0.4, -0.2) is 11.6 Å². The van der Waals surface area contributed by atoms with E-state index in [9.17, 15) is 9.59 Å². The predicted octanol–water partition coefficient (Wildman–Crippen LogP) is 1.42. The van der Waals surface area contributed by atoms with Crippen LogP contribution in [0.25, 0.3) is 0 Å². The molecule has 2 heteroatoms. The Balaban J connectivity index is 2.49. The summed E-state index contributed by atoms with van der Waals surface area (Å²) in [5, 5.41) is 0. The highest BCUT2D eigenvalue weighted by atomic mass is 16.1. The fourth-order valence-electron chi connectivity index (χ4n) is 0.994. The Hall–Kier alpha value is -1.18. The van der Waals surface area contributed by atoms with Crippen LogP contribution in [0, 0.1) is 0 Å². The summed E-state index contributed by atoms with van der Waals surface area (Å²) in [7, 11) is 0. The Bertz CT molecular complexity index is 246. The van der Waals surface area contributed by atoms with Gasteiger partial charge in [-0.05, 0) is 18.9 Å². The molecule has 0 unspecified atom stereocenters. The number of rotatable bonds is 3. The van der Waals surface area contributed by atoms with Crippen LogP contribution in [0.1, 0.15) is 19.8 Å². The van der Waals surface area contributed by atoms with Gasteiger partial charge in [-0.15, -0.1) is 0 Å². The van der Waals surface area contributed by atoms with Crippen LogP contribution in [0.2, 0.25) is 0 Å². The summed E-state index contributed by atoms with van der Waals surface area (Å²) in [6.07, 6.45) is 6.26. The number of hydrogen-bond donors (Lipinski definition) is 0. The van der Waals surface area contributed by atoms with Gasteiger partial charge < -0.3 is 0 Å². The van der Waals surface area contributed by atoms with Gasteiger partial charge >= 0.3 is 0 Å². The molecule has 0 aromatic heterocycles. The first kappa shape index (κ1) is 7.92. The molecule has 0 amide bonds. The van der Waals surface area contributed by atoms with Crippen molar-refractivity contribution in [2.45, 2.75) is 19.8 Å². The van der Waals surface area contributed by atoms with Gasteiger partial charge in [0, 0.05) is 0 Å². The van der Waals surface area contributed by atoms with Crippen molar-refractivity contribution in [1.82, 2.24) is 0 Å². The Kier molecular flexibility index (Phi) is 2.36. The zero-order valence-corrected chi connectivity index (χ0v) is 6.46. The molecule has 0 atom stereocenters. The molecule has 58 valence electrons. The van der Waals surface area contributed by atoms with Crippen LogP contribution < -0.4 is 0 Å².